The number of fused-ring (bicyclic) bond motifs is 1. The summed E-state index contributed by atoms with van der Waals surface area (Å²) in [5.74, 6) is 0.374. The number of hydrogen-bond donors (Lipinski definition) is 0. The molecule has 7 nitrogen and oxygen atoms in total. The van der Waals surface area contributed by atoms with Gasteiger partial charge in [0.1, 0.15) is 6.10 Å². The first-order chi connectivity index (χ1) is 12.1. The zero-order chi connectivity index (χ0) is 17.4. The van der Waals surface area contributed by atoms with Crippen LogP contribution in [0.1, 0.15) is 37.1 Å². The summed E-state index contributed by atoms with van der Waals surface area (Å²) in [6.07, 6.45) is 3.06. The van der Waals surface area contributed by atoms with Gasteiger partial charge in [-0.15, -0.1) is 0 Å². The summed E-state index contributed by atoms with van der Waals surface area (Å²) in [7, 11) is 0. The molecule has 1 atom stereocenters. The molecule has 1 aromatic rings. The summed E-state index contributed by atoms with van der Waals surface area (Å²) in [5, 5.41) is 4.45. The van der Waals surface area contributed by atoms with Gasteiger partial charge in [-0.1, -0.05) is 0 Å². The minimum absolute atomic E-state index is 0.0316. The molecule has 3 aliphatic heterocycles. The number of amides is 2. The molecule has 25 heavy (non-hydrogen) atoms. The predicted molar refractivity (Wildman–Crippen MR) is 90.7 cm³/mol. The van der Waals surface area contributed by atoms with E-state index in [-0.39, 0.29) is 23.8 Å². The average Bonchev–Trinajstić information content (AvgIpc) is 3.28. The highest BCUT2D eigenvalue weighted by molar-refractivity contribution is 5.82. The predicted octanol–water partition coefficient (Wildman–Crippen LogP) is 0.951. The molecule has 2 amide bonds. The quantitative estimate of drug-likeness (QED) is 0.800. The number of aryl methyl sites for hydroxylation is 1. The van der Waals surface area contributed by atoms with Crippen LogP contribution in [0.5, 0.6) is 0 Å². The zero-order valence-electron chi connectivity index (χ0n) is 14.8. The maximum atomic E-state index is 12.9. The van der Waals surface area contributed by atoms with Gasteiger partial charge in [0, 0.05) is 32.2 Å². The summed E-state index contributed by atoms with van der Waals surface area (Å²) in [6.45, 7) is 6.15. The van der Waals surface area contributed by atoms with E-state index in [1.165, 1.54) is 0 Å². The van der Waals surface area contributed by atoms with Crippen LogP contribution in [0.4, 0.5) is 0 Å². The van der Waals surface area contributed by atoms with Crippen molar-refractivity contribution in [2.75, 3.05) is 26.2 Å². The van der Waals surface area contributed by atoms with Crippen LogP contribution in [0.15, 0.2) is 6.07 Å². The third-order valence-corrected chi connectivity index (χ3v) is 5.59. The van der Waals surface area contributed by atoms with E-state index in [1.54, 1.807) is 0 Å². The fourth-order valence-corrected chi connectivity index (χ4v) is 4.18. The van der Waals surface area contributed by atoms with Crippen LogP contribution in [0.25, 0.3) is 0 Å². The number of nitrogens with zero attached hydrogens (tertiary/aromatic N) is 4. The molecule has 7 heteroatoms. The van der Waals surface area contributed by atoms with E-state index < -0.39 is 0 Å². The van der Waals surface area contributed by atoms with E-state index in [1.807, 2.05) is 21.4 Å². The molecule has 0 spiro atoms. The molecule has 136 valence electrons. The van der Waals surface area contributed by atoms with Crippen molar-refractivity contribution in [3.8, 4) is 0 Å². The van der Waals surface area contributed by atoms with Gasteiger partial charge in [0.25, 0.3) is 5.91 Å². The lowest BCUT2D eigenvalue weighted by molar-refractivity contribution is -0.146. The molecule has 3 aliphatic rings. The second kappa shape index (κ2) is 6.78. The second-order valence-corrected chi connectivity index (χ2v) is 7.36. The molecular formula is C18H26N4O3. The Morgan fingerprint density at radius 2 is 1.88 bits per heavy atom. The first-order valence-corrected chi connectivity index (χ1v) is 9.34. The van der Waals surface area contributed by atoms with Gasteiger partial charge in [0.2, 0.25) is 5.91 Å². The third kappa shape index (κ3) is 3.29. The van der Waals surface area contributed by atoms with Gasteiger partial charge < -0.3 is 14.5 Å². The number of hydrogen-bond acceptors (Lipinski definition) is 4. The average molecular weight is 346 g/mol. The SMILES string of the molecule is Cc1cc2n(n1)CCN(C(=O)C1CCN(C(=O)C3CCCO3)CC1)C2. The van der Waals surface area contributed by atoms with Gasteiger partial charge in [-0.05, 0) is 38.7 Å². The zero-order valence-corrected chi connectivity index (χ0v) is 14.8. The Hall–Kier alpha value is -1.89. The van der Waals surface area contributed by atoms with Gasteiger partial charge >= 0.3 is 0 Å². The maximum Gasteiger partial charge on any atom is 0.251 e. The second-order valence-electron chi connectivity index (χ2n) is 7.36. The van der Waals surface area contributed by atoms with Crippen LogP contribution in [-0.4, -0.2) is 63.7 Å². The lowest BCUT2D eigenvalue weighted by atomic mass is 9.94. The van der Waals surface area contributed by atoms with Gasteiger partial charge in [-0.2, -0.15) is 5.10 Å². The van der Waals surface area contributed by atoms with Gasteiger partial charge in [0.15, 0.2) is 0 Å². The summed E-state index contributed by atoms with van der Waals surface area (Å²) >= 11 is 0. The smallest absolute Gasteiger partial charge is 0.251 e. The van der Waals surface area contributed by atoms with Crippen molar-refractivity contribution >= 4 is 11.8 Å². The van der Waals surface area contributed by atoms with E-state index in [2.05, 4.69) is 11.2 Å². The Morgan fingerprint density at radius 1 is 1.08 bits per heavy atom. The van der Waals surface area contributed by atoms with Crippen molar-refractivity contribution in [2.45, 2.75) is 51.8 Å². The number of rotatable bonds is 2. The van der Waals surface area contributed by atoms with Crippen LogP contribution in [0.3, 0.4) is 0 Å². The van der Waals surface area contributed by atoms with Crippen LogP contribution in [-0.2, 0) is 27.4 Å². The van der Waals surface area contributed by atoms with Crippen molar-refractivity contribution in [3.05, 3.63) is 17.5 Å². The minimum Gasteiger partial charge on any atom is -0.368 e. The molecule has 2 saturated heterocycles. The highest BCUT2D eigenvalue weighted by Crippen LogP contribution is 2.24. The molecule has 0 N–H and O–H groups in total. The number of carbonyl (C=O) groups excluding carboxylic acids is 2. The molecule has 4 rings (SSSR count). The lowest BCUT2D eigenvalue weighted by Crippen LogP contribution is -2.48. The van der Waals surface area contributed by atoms with E-state index in [4.69, 9.17) is 4.74 Å². The third-order valence-electron chi connectivity index (χ3n) is 5.59. The van der Waals surface area contributed by atoms with E-state index in [9.17, 15) is 9.59 Å². The van der Waals surface area contributed by atoms with Gasteiger partial charge in [-0.25, -0.2) is 0 Å². The van der Waals surface area contributed by atoms with E-state index in [0.717, 1.165) is 50.2 Å². The summed E-state index contributed by atoms with van der Waals surface area (Å²) in [6, 6.07) is 2.06. The number of piperidine rings is 1. The first kappa shape index (κ1) is 16.6. The lowest BCUT2D eigenvalue weighted by Gasteiger charge is -2.36. The van der Waals surface area contributed by atoms with E-state index in [0.29, 0.717) is 26.2 Å². The topological polar surface area (TPSA) is 67.7 Å². The Kier molecular flexibility index (Phi) is 4.50. The van der Waals surface area contributed by atoms with Crippen molar-refractivity contribution < 1.29 is 14.3 Å². The summed E-state index contributed by atoms with van der Waals surface area (Å²) in [5.41, 5.74) is 2.12. The maximum absolute atomic E-state index is 12.9. The largest absolute Gasteiger partial charge is 0.368 e. The molecule has 0 aromatic carbocycles. The molecule has 1 aromatic heterocycles. The molecule has 0 bridgehead atoms. The fraction of sp³-hybridized carbons (Fsp3) is 0.722. The van der Waals surface area contributed by atoms with Crippen LogP contribution < -0.4 is 0 Å². The molecule has 4 heterocycles. The molecular weight excluding hydrogens is 320 g/mol. The normalized spacial score (nSPS) is 24.4. The number of aromatic nitrogens is 2. The Bertz CT molecular complexity index is 657. The van der Waals surface area contributed by atoms with Gasteiger partial charge in [0.05, 0.1) is 24.5 Å². The number of likely N-dealkylation sites (tertiary alicyclic amines) is 1. The molecule has 0 saturated carbocycles. The van der Waals surface area contributed by atoms with Crippen LogP contribution in [0.2, 0.25) is 0 Å². The minimum atomic E-state index is -0.252. The summed E-state index contributed by atoms with van der Waals surface area (Å²) < 4.78 is 7.50. The van der Waals surface area contributed by atoms with Crippen molar-refractivity contribution in [3.63, 3.8) is 0 Å². The first-order valence-electron chi connectivity index (χ1n) is 9.34. The van der Waals surface area contributed by atoms with Crippen molar-refractivity contribution in [1.29, 1.82) is 0 Å². The van der Waals surface area contributed by atoms with E-state index >= 15 is 0 Å². The molecule has 0 aliphatic carbocycles. The monoisotopic (exact) mass is 346 g/mol. The number of carbonyl (C=O) groups is 2. The highest BCUT2D eigenvalue weighted by Gasteiger charge is 2.34. The Labute approximate surface area is 147 Å². The van der Waals surface area contributed by atoms with Crippen molar-refractivity contribution in [2.24, 2.45) is 5.92 Å². The van der Waals surface area contributed by atoms with Crippen LogP contribution in [0, 0.1) is 12.8 Å². The Morgan fingerprint density at radius 3 is 2.60 bits per heavy atom. The van der Waals surface area contributed by atoms with Gasteiger partial charge in [-0.3, -0.25) is 14.3 Å². The number of ether oxygens (including phenoxy) is 1. The molecule has 1 unspecified atom stereocenters. The highest BCUT2D eigenvalue weighted by atomic mass is 16.5. The summed E-state index contributed by atoms with van der Waals surface area (Å²) in [4.78, 5) is 29.1. The van der Waals surface area contributed by atoms with Crippen molar-refractivity contribution in [1.82, 2.24) is 19.6 Å². The molecule has 0 radical (unpaired) electrons. The van der Waals surface area contributed by atoms with Crippen LogP contribution >= 0.6 is 0 Å². The standard InChI is InChI=1S/C18H26N4O3/c1-13-11-15-12-21(8-9-22(15)19-13)17(23)14-4-6-20(7-5-14)18(24)16-3-2-10-25-16/h11,14,16H,2-10,12H2,1H3. The Balaban J connectivity index is 1.32. The molecule has 2 fully saturated rings. The fourth-order valence-electron chi connectivity index (χ4n) is 4.18.